The first-order valence-electron chi connectivity index (χ1n) is 9.84. The van der Waals surface area contributed by atoms with Gasteiger partial charge in [-0.25, -0.2) is 9.59 Å². The van der Waals surface area contributed by atoms with Crippen molar-refractivity contribution in [2.45, 2.75) is 65.7 Å². The zero-order valence-corrected chi connectivity index (χ0v) is 16.9. The average molecular weight is 373 g/mol. The van der Waals surface area contributed by atoms with E-state index in [0.717, 1.165) is 30.8 Å². The Morgan fingerprint density at radius 1 is 1.00 bits per heavy atom. The van der Waals surface area contributed by atoms with Gasteiger partial charge in [0.2, 0.25) is 0 Å². The maximum Gasteiger partial charge on any atom is 0.348 e. The van der Waals surface area contributed by atoms with Crippen molar-refractivity contribution in [1.82, 2.24) is 4.90 Å². The van der Waals surface area contributed by atoms with Crippen LogP contribution in [0, 0.1) is 0 Å². The topological polar surface area (TPSA) is 55.8 Å². The summed E-state index contributed by atoms with van der Waals surface area (Å²) in [5.41, 5.74) is 1.89. The van der Waals surface area contributed by atoms with Crippen LogP contribution >= 0.6 is 0 Å². The van der Waals surface area contributed by atoms with E-state index in [1.165, 1.54) is 25.7 Å². The molecular weight excluding hydrogens is 342 g/mol. The molecule has 5 heteroatoms. The normalized spacial score (nSPS) is 16.3. The van der Waals surface area contributed by atoms with Gasteiger partial charge in [-0.05, 0) is 43.1 Å². The van der Waals surface area contributed by atoms with Crippen molar-refractivity contribution in [1.29, 1.82) is 0 Å². The Morgan fingerprint density at radius 3 is 2.15 bits per heavy atom. The highest BCUT2D eigenvalue weighted by atomic mass is 16.7. The largest absolute Gasteiger partial charge is 0.419 e. The molecule has 1 aliphatic rings. The van der Waals surface area contributed by atoms with Crippen LogP contribution in [0.2, 0.25) is 0 Å². The van der Waals surface area contributed by atoms with Gasteiger partial charge in [0.05, 0.1) is 0 Å². The zero-order valence-electron chi connectivity index (χ0n) is 16.9. The Bertz CT molecular complexity index is 663. The van der Waals surface area contributed by atoms with Gasteiger partial charge >= 0.3 is 11.9 Å². The smallest absolute Gasteiger partial charge is 0.348 e. The van der Waals surface area contributed by atoms with Crippen LogP contribution in [0.4, 0.5) is 0 Å². The quantitative estimate of drug-likeness (QED) is 0.367. The second-order valence-electron chi connectivity index (χ2n) is 7.47. The fourth-order valence-electron chi connectivity index (χ4n) is 3.02. The highest BCUT2D eigenvalue weighted by Crippen LogP contribution is 2.24. The highest BCUT2D eigenvalue weighted by Gasteiger charge is 2.38. The molecule has 0 radical (unpaired) electrons. The number of benzene rings is 1. The number of nitrogens with zero attached hydrogens (tertiary/aromatic N) is 1. The van der Waals surface area contributed by atoms with Gasteiger partial charge in [-0.3, -0.25) is 4.90 Å². The molecule has 0 aliphatic carbocycles. The summed E-state index contributed by atoms with van der Waals surface area (Å²) in [6.07, 6.45) is 6.26. The summed E-state index contributed by atoms with van der Waals surface area (Å²) in [7, 11) is 0. The fourth-order valence-corrected chi connectivity index (χ4v) is 3.02. The van der Waals surface area contributed by atoms with Gasteiger partial charge in [-0.2, -0.15) is 0 Å². The Kier molecular flexibility index (Phi) is 7.60. The van der Waals surface area contributed by atoms with Crippen molar-refractivity contribution in [3.8, 4) is 0 Å². The number of hydrogen-bond acceptors (Lipinski definition) is 5. The minimum Gasteiger partial charge on any atom is -0.419 e. The highest BCUT2D eigenvalue weighted by molar-refractivity contribution is 6.18. The van der Waals surface area contributed by atoms with Crippen LogP contribution in [0.5, 0.6) is 0 Å². The molecule has 0 saturated carbocycles. The van der Waals surface area contributed by atoms with Crippen molar-refractivity contribution in [2.75, 3.05) is 13.1 Å². The third-order valence-electron chi connectivity index (χ3n) is 4.44. The molecule has 1 aliphatic heterocycles. The summed E-state index contributed by atoms with van der Waals surface area (Å²) in [4.78, 5) is 26.7. The maximum absolute atomic E-state index is 12.1. The molecule has 27 heavy (non-hydrogen) atoms. The molecule has 0 atom stereocenters. The van der Waals surface area contributed by atoms with Crippen molar-refractivity contribution in [3.63, 3.8) is 0 Å². The number of hydrogen-bond donors (Lipinski definition) is 0. The Hall–Kier alpha value is -2.14. The maximum atomic E-state index is 12.1. The lowest BCUT2D eigenvalue weighted by molar-refractivity contribution is -0.222. The first-order valence-corrected chi connectivity index (χ1v) is 9.84. The lowest BCUT2D eigenvalue weighted by Gasteiger charge is -2.29. The molecule has 5 nitrogen and oxygen atoms in total. The average Bonchev–Trinajstić information content (AvgIpc) is 2.60. The molecule has 1 aromatic rings. The number of cyclic esters (lactones) is 2. The van der Waals surface area contributed by atoms with Gasteiger partial charge in [0, 0.05) is 20.4 Å². The Labute approximate surface area is 162 Å². The fraction of sp³-hybridized carbons (Fsp3) is 0.545. The summed E-state index contributed by atoms with van der Waals surface area (Å²) in [5.74, 6) is -2.50. The predicted molar refractivity (Wildman–Crippen MR) is 106 cm³/mol. The minimum absolute atomic E-state index is 0.0692. The standard InChI is InChI=1S/C22H31NO4/c1-5-7-12-23(13-8-6-2)16-18-11-9-10-17(14-18)15-19-20(24)26-22(3,4)27-21(19)25/h9-11,14-15H,5-8,12-13,16H2,1-4H3. The molecule has 1 fully saturated rings. The minimum atomic E-state index is -1.22. The number of ether oxygens (including phenoxy) is 2. The van der Waals surface area contributed by atoms with Crippen molar-refractivity contribution >= 4 is 18.0 Å². The molecule has 0 spiro atoms. The molecular formula is C22H31NO4. The molecule has 2 rings (SSSR count). The van der Waals surface area contributed by atoms with Crippen LogP contribution in [0.3, 0.4) is 0 Å². The molecule has 1 saturated heterocycles. The second kappa shape index (κ2) is 9.70. The molecule has 0 amide bonds. The van der Waals surface area contributed by atoms with Crippen molar-refractivity contribution in [2.24, 2.45) is 0 Å². The number of unbranched alkanes of at least 4 members (excludes halogenated alkanes) is 2. The van der Waals surface area contributed by atoms with Crippen LogP contribution in [0.1, 0.15) is 64.5 Å². The number of carbonyl (C=O) groups excluding carboxylic acids is 2. The van der Waals surface area contributed by atoms with Crippen LogP contribution in [-0.4, -0.2) is 35.7 Å². The SMILES string of the molecule is CCCCN(CCCC)Cc1cccc(C=C2C(=O)OC(C)(C)OC2=O)c1. The van der Waals surface area contributed by atoms with E-state index in [0.29, 0.717) is 0 Å². The van der Waals surface area contributed by atoms with E-state index in [9.17, 15) is 9.59 Å². The summed E-state index contributed by atoms with van der Waals surface area (Å²) in [6.45, 7) is 10.5. The first-order chi connectivity index (χ1) is 12.8. The van der Waals surface area contributed by atoms with Crippen LogP contribution in [-0.2, 0) is 25.6 Å². The van der Waals surface area contributed by atoms with Gasteiger partial charge in [-0.15, -0.1) is 0 Å². The van der Waals surface area contributed by atoms with Crippen molar-refractivity contribution in [3.05, 3.63) is 41.0 Å². The summed E-state index contributed by atoms with van der Waals surface area (Å²) < 4.78 is 10.3. The molecule has 0 aromatic heterocycles. The first kappa shape index (κ1) is 21.2. The third-order valence-corrected chi connectivity index (χ3v) is 4.44. The van der Waals surface area contributed by atoms with E-state index in [1.54, 1.807) is 19.9 Å². The van der Waals surface area contributed by atoms with E-state index in [1.807, 2.05) is 18.2 Å². The van der Waals surface area contributed by atoms with Gasteiger partial charge in [0.15, 0.2) is 0 Å². The monoisotopic (exact) mass is 373 g/mol. The van der Waals surface area contributed by atoms with E-state index in [4.69, 9.17) is 9.47 Å². The van der Waals surface area contributed by atoms with Crippen LogP contribution in [0.15, 0.2) is 29.8 Å². The van der Waals surface area contributed by atoms with Crippen molar-refractivity contribution < 1.29 is 19.1 Å². The second-order valence-corrected chi connectivity index (χ2v) is 7.47. The summed E-state index contributed by atoms with van der Waals surface area (Å²) in [5, 5.41) is 0. The zero-order chi connectivity index (χ0) is 19.9. The molecule has 0 bridgehead atoms. The molecule has 0 N–H and O–H groups in total. The number of carbonyl (C=O) groups is 2. The molecule has 148 valence electrons. The third kappa shape index (κ3) is 6.51. The lowest BCUT2D eigenvalue weighted by atomic mass is 10.1. The van der Waals surface area contributed by atoms with E-state index >= 15 is 0 Å². The molecule has 0 unspecified atom stereocenters. The van der Waals surface area contributed by atoms with Crippen LogP contribution < -0.4 is 0 Å². The van der Waals surface area contributed by atoms with Gasteiger partial charge in [0.25, 0.3) is 5.79 Å². The molecule has 1 heterocycles. The van der Waals surface area contributed by atoms with Gasteiger partial charge < -0.3 is 9.47 Å². The molecule has 1 aromatic carbocycles. The predicted octanol–water partition coefficient (Wildman–Crippen LogP) is 4.31. The van der Waals surface area contributed by atoms with E-state index in [2.05, 4.69) is 24.8 Å². The summed E-state index contributed by atoms with van der Waals surface area (Å²) >= 11 is 0. The Morgan fingerprint density at radius 2 is 1.59 bits per heavy atom. The van der Waals surface area contributed by atoms with Gasteiger partial charge in [0.1, 0.15) is 5.57 Å². The number of rotatable bonds is 9. The van der Waals surface area contributed by atoms with E-state index < -0.39 is 17.7 Å². The Balaban J connectivity index is 2.14. The number of esters is 2. The van der Waals surface area contributed by atoms with Gasteiger partial charge in [-0.1, -0.05) is 51.0 Å². The van der Waals surface area contributed by atoms with Crippen LogP contribution in [0.25, 0.3) is 6.08 Å². The summed E-state index contributed by atoms with van der Waals surface area (Å²) in [6, 6.07) is 7.91. The van der Waals surface area contributed by atoms with E-state index in [-0.39, 0.29) is 5.57 Å². The lowest BCUT2D eigenvalue weighted by Crippen LogP contribution is -2.41.